The van der Waals surface area contributed by atoms with E-state index < -0.39 is 34.1 Å². The maximum absolute atomic E-state index is 13.3. The summed E-state index contributed by atoms with van der Waals surface area (Å²) in [6, 6.07) is 13.4. The first-order chi connectivity index (χ1) is 20.5. The number of nitrogens with two attached hydrogens (primary N) is 1. The Morgan fingerprint density at radius 2 is 1.73 bits per heavy atom. The monoisotopic (exact) mass is 640 g/mol. The van der Waals surface area contributed by atoms with Crippen LogP contribution in [0.1, 0.15) is 37.9 Å². The van der Waals surface area contributed by atoms with Gasteiger partial charge in [0.2, 0.25) is 0 Å². The number of anilines is 1. The summed E-state index contributed by atoms with van der Waals surface area (Å²) in [4.78, 5) is 28.0. The Hall–Kier alpha value is -4.90. The maximum atomic E-state index is 13.3. The van der Waals surface area contributed by atoms with E-state index in [2.05, 4.69) is 20.6 Å². The lowest BCUT2D eigenvalue weighted by Crippen LogP contribution is -2.45. The van der Waals surface area contributed by atoms with Crippen molar-refractivity contribution in [2.75, 3.05) is 11.9 Å². The SMILES string of the molecule is CCOc1cc(C(Nc2ccc(C(=N)N)cc2)C(=O)NNS(=O)(=O)c2cccnc2)ccc1OC(C)C.O=C(O)C(F)(F)F. The van der Waals surface area contributed by atoms with Gasteiger partial charge in [-0.05, 0) is 74.9 Å². The molecule has 238 valence electrons. The Morgan fingerprint density at radius 1 is 1.09 bits per heavy atom. The molecular weight excluding hydrogens is 609 g/mol. The van der Waals surface area contributed by atoms with Crippen LogP contribution in [-0.4, -0.2) is 55.1 Å². The van der Waals surface area contributed by atoms with Crippen molar-refractivity contribution in [3.63, 3.8) is 0 Å². The maximum Gasteiger partial charge on any atom is 0.490 e. The van der Waals surface area contributed by atoms with Gasteiger partial charge in [-0.2, -0.15) is 13.2 Å². The molecule has 3 aromatic rings. The lowest BCUT2D eigenvalue weighted by atomic mass is 10.0. The van der Waals surface area contributed by atoms with Crippen LogP contribution >= 0.6 is 0 Å². The fraction of sp³-hybridized carbons (Fsp3) is 0.259. The number of halogens is 3. The lowest BCUT2D eigenvalue weighted by Gasteiger charge is -2.22. The molecular formula is C27H31F3N6O7S. The summed E-state index contributed by atoms with van der Waals surface area (Å²) in [6.07, 6.45) is -2.57. The molecule has 0 saturated heterocycles. The van der Waals surface area contributed by atoms with E-state index in [1.165, 1.54) is 24.5 Å². The molecule has 0 radical (unpaired) electrons. The van der Waals surface area contributed by atoms with Gasteiger partial charge >= 0.3 is 12.1 Å². The zero-order chi connectivity index (χ0) is 33.1. The van der Waals surface area contributed by atoms with Gasteiger partial charge < -0.3 is 25.6 Å². The van der Waals surface area contributed by atoms with Gasteiger partial charge in [0.15, 0.2) is 11.5 Å². The van der Waals surface area contributed by atoms with Gasteiger partial charge in [0, 0.05) is 23.6 Å². The number of sulfonamides is 1. The van der Waals surface area contributed by atoms with Crippen molar-refractivity contribution in [3.8, 4) is 11.5 Å². The molecule has 44 heavy (non-hydrogen) atoms. The minimum Gasteiger partial charge on any atom is -0.490 e. The highest BCUT2D eigenvalue weighted by atomic mass is 32.2. The van der Waals surface area contributed by atoms with E-state index in [-0.39, 0.29) is 16.8 Å². The van der Waals surface area contributed by atoms with Gasteiger partial charge in [0.25, 0.3) is 15.9 Å². The third-order valence-electron chi connectivity index (χ3n) is 5.23. The van der Waals surface area contributed by atoms with E-state index in [0.29, 0.717) is 34.9 Å². The third-order valence-corrected chi connectivity index (χ3v) is 6.46. The van der Waals surface area contributed by atoms with Gasteiger partial charge in [-0.3, -0.25) is 20.6 Å². The molecule has 1 amide bonds. The summed E-state index contributed by atoms with van der Waals surface area (Å²) in [7, 11) is -4.05. The highest BCUT2D eigenvalue weighted by Gasteiger charge is 2.38. The van der Waals surface area contributed by atoms with Gasteiger partial charge in [-0.25, -0.2) is 13.2 Å². The fourth-order valence-electron chi connectivity index (χ4n) is 3.29. The molecule has 1 aromatic heterocycles. The second-order valence-corrected chi connectivity index (χ2v) is 10.6. The molecule has 0 aliphatic heterocycles. The minimum absolute atomic E-state index is 0.0900. The molecule has 0 spiro atoms. The molecule has 3 rings (SSSR count). The Labute approximate surface area is 251 Å². The number of nitrogens with zero attached hydrogens (tertiary/aromatic N) is 1. The number of aromatic nitrogens is 1. The first-order valence-electron chi connectivity index (χ1n) is 12.7. The van der Waals surface area contributed by atoms with Crippen LogP contribution in [0.25, 0.3) is 0 Å². The van der Waals surface area contributed by atoms with Crippen molar-refractivity contribution in [1.29, 1.82) is 5.41 Å². The molecule has 0 fully saturated rings. The summed E-state index contributed by atoms with van der Waals surface area (Å²) in [5.74, 6) is -2.57. The highest BCUT2D eigenvalue weighted by molar-refractivity contribution is 7.89. The van der Waals surface area contributed by atoms with Crippen molar-refractivity contribution >= 4 is 33.4 Å². The van der Waals surface area contributed by atoms with Crippen molar-refractivity contribution in [2.45, 2.75) is 44.0 Å². The van der Waals surface area contributed by atoms with E-state index in [4.69, 9.17) is 30.5 Å². The van der Waals surface area contributed by atoms with Gasteiger partial charge in [0.1, 0.15) is 16.8 Å². The molecule has 1 atom stereocenters. The van der Waals surface area contributed by atoms with Crippen LogP contribution < -0.4 is 30.8 Å². The number of hydrogen-bond acceptors (Lipinski definition) is 9. The van der Waals surface area contributed by atoms with E-state index >= 15 is 0 Å². The summed E-state index contributed by atoms with van der Waals surface area (Å²) < 4.78 is 68.5. The largest absolute Gasteiger partial charge is 0.490 e. The predicted molar refractivity (Wildman–Crippen MR) is 154 cm³/mol. The van der Waals surface area contributed by atoms with Gasteiger partial charge in [-0.1, -0.05) is 6.07 Å². The third kappa shape index (κ3) is 10.7. The number of ether oxygens (including phenoxy) is 2. The quantitative estimate of drug-likeness (QED) is 0.0967. The van der Waals surface area contributed by atoms with Gasteiger partial charge in [-0.15, -0.1) is 4.83 Å². The number of amidine groups is 1. The average molecular weight is 641 g/mol. The number of carboxylic acid groups (broad SMARTS) is 1. The number of amides is 1. The smallest absolute Gasteiger partial charge is 0.490 e. The molecule has 0 bridgehead atoms. The van der Waals surface area contributed by atoms with Crippen molar-refractivity contribution in [3.05, 3.63) is 78.1 Å². The fourth-order valence-corrected chi connectivity index (χ4v) is 4.10. The number of pyridine rings is 1. The summed E-state index contributed by atoms with van der Waals surface area (Å²) >= 11 is 0. The topological polar surface area (TPSA) is 206 Å². The Balaban J connectivity index is 0.000000860. The van der Waals surface area contributed by atoms with E-state index in [1.807, 2.05) is 20.8 Å². The number of benzene rings is 2. The number of aliphatic carboxylic acids is 1. The molecule has 0 aliphatic carbocycles. The first kappa shape index (κ1) is 35.3. The minimum atomic E-state index is -5.08. The standard InChI is InChI=1S/C25H30N6O5S.C2HF3O2/c1-4-35-22-14-18(9-12-21(22)36-16(2)3)23(29-19-10-7-17(8-11-19)24(26)27)25(32)30-31-37(33,34)20-6-5-13-28-15-20;3-2(4,5)1(6)7/h5-16,23,29,31H,4H2,1-3H3,(H3,26,27)(H,30,32);(H,6,7). The number of carboxylic acids is 1. The molecule has 1 heterocycles. The Morgan fingerprint density at radius 3 is 2.23 bits per heavy atom. The number of rotatable bonds is 12. The van der Waals surface area contributed by atoms with Crippen molar-refractivity contribution < 1.29 is 45.8 Å². The molecule has 0 saturated carbocycles. The summed E-state index contributed by atoms with van der Waals surface area (Å²) in [5, 5.41) is 17.8. The summed E-state index contributed by atoms with van der Waals surface area (Å²) in [6.45, 7) is 5.98. The van der Waals surface area contributed by atoms with Crippen LogP contribution in [0, 0.1) is 5.41 Å². The van der Waals surface area contributed by atoms with Crippen LogP contribution in [0.4, 0.5) is 18.9 Å². The van der Waals surface area contributed by atoms with Crippen molar-refractivity contribution in [1.82, 2.24) is 15.2 Å². The number of nitrogen functional groups attached to an aromatic ring is 1. The molecule has 17 heteroatoms. The molecule has 0 aliphatic rings. The Bertz CT molecular complexity index is 1540. The number of hydrogen-bond donors (Lipinski definition) is 6. The van der Waals surface area contributed by atoms with E-state index in [9.17, 15) is 26.4 Å². The van der Waals surface area contributed by atoms with Crippen LogP contribution in [0.3, 0.4) is 0 Å². The zero-order valence-corrected chi connectivity index (χ0v) is 24.5. The number of carbonyl (C=O) groups is 2. The molecule has 1 unspecified atom stereocenters. The normalized spacial score (nSPS) is 11.9. The zero-order valence-electron chi connectivity index (χ0n) is 23.7. The number of hydrazine groups is 1. The summed E-state index contributed by atoms with van der Waals surface area (Å²) in [5.41, 5.74) is 9.36. The first-order valence-corrected chi connectivity index (χ1v) is 14.2. The number of nitrogens with one attached hydrogen (secondary N) is 4. The lowest BCUT2D eigenvalue weighted by molar-refractivity contribution is -0.192. The van der Waals surface area contributed by atoms with Crippen LogP contribution in [-0.2, 0) is 19.6 Å². The van der Waals surface area contributed by atoms with Crippen LogP contribution in [0.5, 0.6) is 11.5 Å². The second-order valence-electron chi connectivity index (χ2n) is 8.96. The number of carbonyl (C=O) groups excluding carboxylic acids is 1. The van der Waals surface area contributed by atoms with Crippen LogP contribution in [0.2, 0.25) is 0 Å². The van der Waals surface area contributed by atoms with E-state index in [1.54, 1.807) is 42.5 Å². The van der Waals surface area contributed by atoms with Crippen LogP contribution in [0.15, 0.2) is 71.9 Å². The molecule has 13 nitrogen and oxygen atoms in total. The highest BCUT2D eigenvalue weighted by Crippen LogP contribution is 2.33. The number of alkyl halides is 3. The Kier molecular flexibility index (Phi) is 12.5. The molecule has 2 aromatic carbocycles. The predicted octanol–water partition coefficient (Wildman–Crippen LogP) is 3.35. The second kappa shape index (κ2) is 15.5. The van der Waals surface area contributed by atoms with E-state index in [0.717, 1.165) is 0 Å². The average Bonchev–Trinajstić information content (AvgIpc) is 2.96. The van der Waals surface area contributed by atoms with Crippen molar-refractivity contribution in [2.24, 2.45) is 5.73 Å². The van der Waals surface area contributed by atoms with Gasteiger partial charge in [0.05, 0.1) is 12.7 Å². The molecule has 7 N–H and O–H groups in total.